The van der Waals surface area contributed by atoms with Crippen LogP contribution >= 0.6 is 12.4 Å². The molecule has 0 aromatic heterocycles. The summed E-state index contributed by atoms with van der Waals surface area (Å²) in [4.78, 5) is 2.44. The lowest BCUT2D eigenvalue weighted by Crippen LogP contribution is -2.18. The maximum absolute atomic E-state index is 2.44. The lowest BCUT2D eigenvalue weighted by molar-refractivity contribution is 0.970. The molecule has 0 N–H and O–H groups in total. The predicted octanol–water partition coefficient (Wildman–Crippen LogP) is 4.41. The van der Waals surface area contributed by atoms with Crippen molar-refractivity contribution in [1.82, 2.24) is 0 Å². The molecule has 2 aromatic rings. The van der Waals surface area contributed by atoms with Crippen LogP contribution in [0.2, 0.25) is 0 Å². The Morgan fingerprint density at radius 1 is 0.706 bits per heavy atom. The average Bonchev–Trinajstić information content (AvgIpc) is 3.17. The van der Waals surface area contributed by atoms with Crippen LogP contribution in [0, 0.1) is 0 Å². The van der Waals surface area contributed by atoms with Gasteiger partial charge in [-0.25, -0.2) is 0 Å². The van der Waals surface area contributed by atoms with Gasteiger partial charge in [-0.2, -0.15) is 0 Å². The summed E-state index contributed by atoms with van der Waals surface area (Å²) in [6.07, 6.45) is 2.62. The van der Waals surface area contributed by atoms with Gasteiger partial charge in [0.15, 0.2) is 0 Å². The number of anilines is 2. The third kappa shape index (κ3) is 2.62. The molecule has 0 amide bonds. The molecule has 1 nitrogen and oxygen atoms in total. The van der Waals surface area contributed by atoms with E-state index in [0.717, 1.165) is 0 Å². The van der Waals surface area contributed by atoms with Crippen LogP contribution in [0.3, 0.4) is 0 Å². The first kappa shape index (κ1) is 12.0. The Balaban J connectivity index is 0.00000108. The van der Waals surface area contributed by atoms with Crippen molar-refractivity contribution < 1.29 is 0 Å². The van der Waals surface area contributed by atoms with Crippen LogP contribution in [0.4, 0.5) is 11.4 Å². The summed E-state index contributed by atoms with van der Waals surface area (Å²) < 4.78 is 0. The first-order valence-corrected chi connectivity index (χ1v) is 5.84. The van der Waals surface area contributed by atoms with E-state index >= 15 is 0 Å². The van der Waals surface area contributed by atoms with Crippen molar-refractivity contribution in [1.29, 1.82) is 0 Å². The molecule has 1 saturated carbocycles. The molecule has 0 radical (unpaired) electrons. The molecule has 0 heterocycles. The van der Waals surface area contributed by atoms with E-state index in [0.29, 0.717) is 6.04 Å². The van der Waals surface area contributed by atoms with Gasteiger partial charge in [0.1, 0.15) is 0 Å². The highest BCUT2D eigenvalue weighted by Gasteiger charge is 2.30. The number of hydrogen-bond acceptors (Lipinski definition) is 1. The molecule has 0 atom stereocenters. The smallest absolute Gasteiger partial charge is 0.0413 e. The highest BCUT2D eigenvalue weighted by molar-refractivity contribution is 5.85. The van der Waals surface area contributed by atoms with Crippen molar-refractivity contribution in [2.45, 2.75) is 18.9 Å². The standard InChI is InChI=1S/C15H15N.ClH/c1-3-7-13(8-4-1)16(15-11-12-15)14-9-5-2-6-10-14;/h1-10,15H,11-12H2;1H. The second-order valence-electron chi connectivity index (χ2n) is 4.27. The van der Waals surface area contributed by atoms with Crippen LogP contribution in [-0.2, 0) is 0 Å². The molecule has 1 aliphatic rings. The zero-order valence-electron chi connectivity index (χ0n) is 9.62. The van der Waals surface area contributed by atoms with Gasteiger partial charge in [0.2, 0.25) is 0 Å². The Hall–Kier alpha value is -1.47. The van der Waals surface area contributed by atoms with E-state index < -0.39 is 0 Å². The van der Waals surface area contributed by atoms with Gasteiger partial charge < -0.3 is 4.90 Å². The molecular formula is C15H16ClN. The molecule has 0 bridgehead atoms. The van der Waals surface area contributed by atoms with Gasteiger partial charge in [0.25, 0.3) is 0 Å². The fourth-order valence-electron chi connectivity index (χ4n) is 2.08. The lowest BCUT2D eigenvalue weighted by Gasteiger charge is -2.24. The first-order chi connectivity index (χ1) is 7.95. The van der Waals surface area contributed by atoms with Crippen molar-refractivity contribution >= 4 is 23.8 Å². The molecule has 1 aliphatic carbocycles. The van der Waals surface area contributed by atoms with Gasteiger partial charge >= 0.3 is 0 Å². The van der Waals surface area contributed by atoms with Crippen LogP contribution in [0.5, 0.6) is 0 Å². The minimum atomic E-state index is 0. The molecule has 1 fully saturated rings. The molecule has 0 spiro atoms. The van der Waals surface area contributed by atoms with Crippen LogP contribution in [0.25, 0.3) is 0 Å². The van der Waals surface area contributed by atoms with E-state index in [1.54, 1.807) is 0 Å². The highest BCUT2D eigenvalue weighted by Crippen LogP contribution is 2.37. The van der Waals surface area contributed by atoms with Crippen molar-refractivity contribution in [3.05, 3.63) is 60.7 Å². The second-order valence-corrected chi connectivity index (χ2v) is 4.27. The molecule has 88 valence electrons. The second kappa shape index (κ2) is 5.24. The predicted molar refractivity (Wildman–Crippen MR) is 75.3 cm³/mol. The van der Waals surface area contributed by atoms with Crippen molar-refractivity contribution in [3.8, 4) is 0 Å². The van der Waals surface area contributed by atoms with Crippen molar-refractivity contribution in [2.24, 2.45) is 0 Å². The summed E-state index contributed by atoms with van der Waals surface area (Å²) in [5.41, 5.74) is 2.60. The minimum Gasteiger partial charge on any atom is -0.338 e. The zero-order chi connectivity index (χ0) is 10.8. The molecule has 17 heavy (non-hydrogen) atoms. The van der Waals surface area contributed by atoms with E-state index in [4.69, 9.17) is 0 Å². The Kier molecular flexibility index (Phi) is 3.70. The monoisotopic (exact) mass is 245 g/mol. The fraction of sp³-hybridized carbons (Fsp3) is 0.200. The van der Waals surface area contributed by atoms with Crippen molar-refractivity contribution in [2.75, 3.05) is 4.90 Å². The van der Waals surface area contributed by atoms with Gasteiger partial charge in [-0.1, -0.05) is 36.4 Å². The summed E-state index contributed by atoms with van der Waals surface area (Å²) in [6, 6.07) is 22.0. The average molecular weight is 246 g/mol. The molecule has 2 aromatic carbocycles. The maximum atomic E-state index is 2.44. The third-order valence-electron chi connectivity index (χ3n) is 2.98. The Labute approximate surface area is 108 Å². The van der Waals surface area contributed by atoms with Gasteiger partial charge in [0, 0.05) is 17.4 Å². The van der Waals surface area contributed by atoms with E-state index in [9.17, 15) is 0 Å². The topological polar surface area (TPSA) is 3.24 Å². The van der Waals surface area contributed by atoms with Gasteiger partial charge in [-0.05, 0) is 37.1 Å². The van der Waals surface area contributed by atoms with Crippen LogP contribution in [0.1, 0.15) is 12.8 Å². The number of hydrogen-bond donors (Lipinski definition) is 0. The van der Waals surface area contributed by atoms with E-state index in [1.807, 2.05) is 0 Å². The zero-order valence-corrected chi connectivity index (χ0v) is 10.4. The number of nitrogens with zero attached hydrogens (tertiary/aromatic N) is 1. The van der Waals surface area contributed by atoms with Crippen LogP contribution in [-0.4, -0.2) is 6.04 Å². The number of rotatable bonds is 3. The molecule has 3 rings (SSSR count). The number of halogens is 1. The lowest BCUT2D eigenvalue weighted by atomic mass is 10.2. The minimum absolute atomic E-state index is 0. The van der Waals surface area contributed by atoms with E-state index in [1.165, 1.54) is 24.2 Å². The van der Waals surface area contributed by atoms with Gasteiger partial charge in [0.05, 0.1) is 0 Å². The molecule has 0 saturated heterocycles. The van der Waals surface area contributed by atoms with Crippen LogP contribution in [0.15, 0.2) is 60.7 Å². The van der Waals surface area contributed by atoms with E-state index in [-0.39, 0.29) is 12.4 Å². The number of benzene rings is 2. The normalized spacial score (nSPS) is 13.9. The fourth-order valence-corrected chi connectivity index (χ4v) is 2.08. The molecule has 0 aliphatic heterocycles. The Morgan fingerprint density at radius 2 is 1.12 bits per heavy atom. The Bertz CT molecular complexity index is 411. The molecular weight excluding hydrogens is 230 g/mol. The SMILES string of the molecule is Cl.c1ccc(N(c2ccccc2)C2CC2)cc1. The largest absolute Gasteiger partial charge is 0.338 e. The van der Waals surface area contributed by atoms with Crippen molar-refractivity contribution in [3.63, 3.8) is 0 Å². The summed E-state index contributed by atoms with van der Waals surface area (Å²) in [5.74, 6) is 0. The third-order valence-corrected chi connectivity index (χ3v) is 2.98. The molecule has 2 heteroatoms. The highest BCUT2D eigenvalue weighted by atomic mass is 35.5. The maximum Gasteiger partial charge on any atom is 0.0413 e. The quantitative estimate of drug-likeness (QED) is 0.774. The van der Waals surface area contributed by atoms with Gasteiger partial charge in [-0.15, -0.1) is 12.4 Å². The molecule has 0 unspecified atom stereocenters. The van der Waals surface area contributed by atoms with E-state index in [2.05, 4.69) is 65.6 Å². The summed E-state index contributed by atoms with van der Waals surface area (Å²) in [7, 11) is 0. The van der Waals surface area contributed by atoms with Crippen LogP contribution < -0.4 is 4.90 Å². The Morgan fingerprint density at radius 3 is 1.47 bits per heavy atom. The van der Waals surface area contributed by atoms with Gasteiger partial charge in [-0.3, -0.25) is 0 Å². The summed E-state index contributed by atoms with van der Waals surface area (Å²) in [5, 5.41) is 0. The summed E-state index contributed by atoms with van der Waals surface area (Å²) in [6.45, 7) is 0. The number of para-hydroxylation sites is 2. The first-order valence-electron chi connectivity index (χ1n) is 5.84. The summed E-state index contributed by atoms with van der Waals surface area (Å²) >= 11 is 0.